The van der Waals surface area contributed by atoms with Gasteiger partial charge in [-0.3, -0.25) is 0 Å². The van der Waals surface area contributed by atoms with E-state index in [1.54, 1.807) is 12.1 Å². The fourth-order valence-electron chi connectivity index (χ4n) is 3.00. The molecular weight excluding hydrogens is 258 g/mol. The molecule has 1 aromatic rings. The predicted molar refractivity (Wildman–Crippen MR) is 78.0 cm³/mol. The normalized spacial score (nSPS) is 23.7. The van der Waals surface area contributed by atoms with Gasteiger partial charge in [0.2, 0.25) is 0 Å². The molecule has 0 saturated heterocycles. The molecule has 1 N–H and O–H groups in total. The second-order valence-corrected chi connectivity index (χ2v) is 7.62. The van der Waals surface area contributed by atoms with E-state index in [0.29, 0.717) is 16.9 Å². The van der Waals surface area contributed by atoms with Gasteiger partial charge in [-0.25, -0.2) is 8.42 Å². The lowest BCUT2D eigenvalue weighted by Crippen LogP contribution is -2.30. The van der Waals surface area contributed by atoms with E-state index in [1.165, 1.54) is 12.8 Å². The molecule has 0 aliphatic heterocycles. The maximum absolute atomic E-state index is 12.3. The van der Waals surface area contributed by atoms with Crippen LogP contribution in [-0.2, 0) is 9.84 Å². The molecule has 2 atom stereocenters. The summed E-state index contributed by atoms with van der Waals surface area (Å²) in [7, 11) is -1.16. The molecule has 19 heavy (non-hydrogen) atoms. The van der Waals surface area contributed by atoms with E-state index >= 15 is 0 Å². The van der Waals surface area contributed by atoms with Gasteiger partial charge in [0.15, 0.2) is 9.84 Å². The van der Waals surface area contributed by atoms with Crippen LogP contribution < -0.4 is 5.32 Å². The Labute approximate surface area is 116 Å². The Kier molecular flexibility index (Phi) is 4.63. The minimum Gasteiger partial charge on any atom is -0.317 e. The quantitative estimate of drug-likeness (QED) is 0.902. The van der Waals surface area contributed by atoms with Gasteiger partial charge in [-0.05, 0) is 56.8 Å². The van der Waals surface area contributed by atoms with Crippen LogP contribution in [0.3, 0.4) is 0 Å². The lowest BCUT2D eigenvalue weighted by Gasteiger charge is -2.18. The van der Waals surface area contributed by atoms with Crippen molar-refractivity contribution in [3.05, 3.63) is 29.8 Å². The van der Waals surface area contributed by atoms with Crippen molar-refractivity contribution in [1.29, 1.82) is 0 Å². The molecule has 1 fully saturated rings. The second-order valence-electron chi connectivity index (χ2n) is 5.51. The second kappa shape index (κ2) is 6.06. The number of aryl methyl sites for hydroxylation is 1. The van der Waals surface area contributed by atoms with Crippen LogP contribution in [0.4, 0.5) is 0 Å². The Morgan fingerprint density at radius 1 is 1.32 bits per heavy atom. The number of benzene rings is 1. The third-order valence-corrected chi connectivity index (χ3v) is 5.88. The summed E-state index contributed by atoms with van der Waals surface area (Å²) in [4.78, 5) is 0.464. The van der Waals surface area contributed by atoms with Crippen LogP contribution >= 0.6 is 0 Å². The standard InChI is InChI=1S/C15H23NO2S/c1-12-5-3-7-14(11-12)19(17,18)10-9-13-6-4-8-15(13)16-2/h3,5,7,11,13,15-16H,4,6,8-10H2,1-2H3. The summed E-state index contributed by atoms with van der Waals surface area (Å²) in [5.41, 5.74) is 0.995. The molecule has 0 bridgehead atoms. The average Bonchev–Trinajstić information content (AvgIpc) is 2.84. The summed E-state index contributed by atoms with van der Waals surface area (Å²) in [6.45, 7) is 1.92. The Balaban J connectivity index is 2.02. The molecule has 3 nitrogen and oxygen atoms in total. The molecule has 0 heterocycles. The monoisotopic (exact) mass is 281 g/mol. The lowest BCUT2D eigenvalue weighted by atomic mass is 10.0. The maximum Gasteiger partial charge on any atom is 0.178 e. The number of hydrogen-bond acceptors (Lipinski definition) is 3. The Morgan fingerprint density at radius 3 is 2.79 bits per heavy atom. The first kappa shape index (κ1) is 14.5. The third-order valence-electron chi connectivity index (χ3n) is 4.14. The first-order valence-corrected chi connectivity index (χ1v) is 8.65. The summed E-state index contributed by atoms with van der Waals surface area (Å²) in [5.74, 6) is 0.767. The first-order chi connectivity index (χ1) is 9.03. The molecule has 2 unspecified atom stereocenters. The molecule has 0 spiro atoms. The highest BCUT2D eigenvalue weighted by Gasteiger charge is 2.27. The lowest BCUT2D eigenvalue weighted by molar-refractivity contribution is 0.414. The van der Waals surface area contributed by atoms with Gasteiger partial charge < -0.3 is 5.32 Å². The zero-order valence-corrected chi connectivity index (χ0v) is 12.5. The average molecular weight is 281 g/mol. The Bertz CT molecular complexity index is 525. The van der Waals surface area contributed by atoms with E-state index in [9.17, 15) is 8.42 Å². The van der Waals surface area contributed by atoms with E-state index in [2.05, 4.69) is 5.32 Å². The van der Waals surface area contributed by atoms with Crippen molar-refractivity contribution in [1.82, 2.24) is 5.32 Å². The van der Waals surface area contributed by atoms with Crippen molar-refractivity contribution in [2.24, 2.45) is 5.92 Å². The largest absolute Gasteiger partial charge is 0.317 e. The van der Waals surface area contributed by atoms with Gasteiger partial charge in [0, 0.05) is 6.04 Å². The minimum absolute atomic E-state index is 0.263. The molecule has 0 amide bonds. The molecule has 1 aromatic carbocycles. The maximum atomic E-state index is 12.3. The molecule has 0 aromatic heterocycles. The smallest absolute Gasteiger partial charge is 0.178 e. The molecule has 1 saturated carbocycles. The Hall–Kier alpha value is -0.870. The molecule has 2 rings (SSSR count). The zero-order chi connectivity index (χ0) is 13.9. The summed E-state index contributed by atoms with van der Waals surface area (Å²) >= 11 is 0. The highest BCUT2D eigenvalue weighted by molar-refractivity contribution is 7.91. The Morgan fingerprint density at radius 2 is 2.11 bits per heavy atom. The van der Waals surface area contributed by atoms with E-state index in [1.807, 2.05) is 26.1 Å². The zero-order valence-electron chi connectivity index (χ0n) is 11.7. The molecule has 1 aliphatic carbocycles. The summed E-state index contributed by atoms with van der Waals surface area (Å²) in [5, 5.41) is 3.30. The van der Waals surface area contributed by atoms with Gasteiger partial charge in [-0.15, -0.1) is 0 Å². The van der Waals surface area contributed by atoms with Gasteiger partial charge in [-0.1, -0.05) is 18.6 Å². The number of sulfone groups is 1. The van der Waals surface area contributed by atoms with Crippen LogP contribution in [0.5, 0.6) is 0 Å². The van der Waals surface area contributed by atoms with E-state index < -0.39 is 9.84 Å². The van der Waals surface area contributed by atoms with Crippen molar-refractivity contribution in [2.45, 2.75) is 43.5 Å². The van der Waals surface area contributed by atoms with Crippen molar-refractivity contribution in [3.8, 4) is 0 Å². The van der Waals surface area contributed by atoms with Crippen molar-refractivity contribution >= 4 is 9.84 Å². The highest BCUT2D eigenvalue weighted by atomic mass is 32.2. The van der Waals surface area contributed by atoms with Gasteiger partial charge in [0.05, 0.1) is 10.6 Å². The SMILES string of the molecule is CNC1CCCC1CCS(=O)(=O)c1cccc(C)c1. The van der Waals surface area contributed by atoms with Gasteiger partial charge in [0.25, 0.3) is 0 Å². The topological polar surface area (TPSA) is 46.2 Å². The number of hydrogen-bond donors (Lipinski definition) is 1. The van der Waals surface area contributed by atoms with E-state index in [-0.39, 0.29) is 5.75 Å². The molecule has 1 aliphatic rings. The van der Waals surface area contributed by atoms with Crippen molar-refractivity contribution in [3.63, 3.8) is 0 Å². The molecular formula is C15H23NO2S. The van der Waals surface area contributed by atoms with Crippen LogP contribution in [0.1, 0.15) is 31.2 Å². The summed E-state index contributed by atoms with van der Waals surface area (Å²) < 4.78 is 24.6. The first-order valence-electron chi connectivity index (χ1n) is 6.99. The molecule has 106 valence electrons. The van der Waals surface area contributed by atoms with Gasteiger partial charge >= 0.3 is 0 Å². The van der Waals surface area contributed by atoms with Crippen LogP contribution in [0.2, 0.25) is 0 Å². The summed E-state index contributed by atoms with van der Waals surface area (Å²) in [6, 6.07) is 7.69. The number of rotatable bonds is 5. The minimum atomic E-state index is -3.13. The fraction of sp³-hybridized carbons (Fsp3) is 0.600. The summed E-state index contributed by atoms with van der Waals surface area (Å²) in [6.07, 6.45) is 4.29. The van der Waals surface area contributed by atoms with Crippen LogP contribution in [0, 0.1) is 12.8 Å². The number of nitrogens with one attached hydrogen (secondary N) is 1. The van der Waals surface area contributed by atoms with Crippen LogP contribution in [0.15, 0.2) is 29.2 Å². The van der Waals surface area contributed by atoms with Crippen molar-refractivity contribution in [2.75, 3.05) is 12.8 Å². The fourth-order valence-corrected chi connectivity index (χ4v) is 4.50. The van der Waals surface area contributed by atoms with E-state index in [4.69, 9.17) is 0 Å². The molecule has 0 radical (unpaired) electrons. The van der Waals surface area contributed by atoms with Gasteiger partial charge in [-0.2, -0.15) is 0 Å². The predicted octanol–water partition coefficient (Wildman–Crippen LogP) is 2.55. The molecule has 4 heteroatoms. The van der Waals surface area contributed by atoms with Gasteiger partial charge in [0.1, 0.15) is 0 Å². The van der Waals surface area contributed by atoms with E-state index in [0.717, 1.165) is 18.4 Å². The van der Waals surface area contributed by atoms with Crippen molar-refractivity contribution < 1.29 is 8.42 Å². The third kappa shape index (κ3) is 3.57. The van der Waals surface area contributed by atoms with Crippen LogP contribution in [-0.4, -0.2) is 27.3 Å². The highest BCUT2D eigenvalue weighted by Crippen LogP contribution is 2.29. The van der Waals surface area contributed by atoms with Crippen LogP contribution in [0.25, 0.3) is 0 Å².